The predicted octanol–water partition coefficient (Wildman–Crippen LogP) is 2.33. The molecule has 1 aromatic heterocycles. The van der Waals surface area contributed by atoms with E-state index in [0.29, 0.717) is 31.4 Å². The summed E-state index contributed by atoms with van der Waals surface area (Å²) >= 11 is 0. The van der Waals surface area contributed by atoms with Crippen molar-refractivity contribution in [3.05, 3.63) is 42.3 Å². The Hall–Kier alpha value is -2.78. The number of piperazine rings is 1. The first-order valence-electron chi connectivity index (χ1n) is 10.9. The number of carbonyl (C=O) groups excluding carboxylic acids is 2. The van der Waals surface area contributed by atoms with Crippen molar-refractivity contribution < 1.29 is 14.0 Å². The summed E-state index contributed by atoms with van der Waals surface area (Å²) < 4.78 is 14.9. The van der Waals surface area contributed by atoms with Crippen LogP contribution < -0.4 is 10.6 Å². The quantitative estimate of drug-likeness (QED) is 0.707. The summed E-state index contributed by atoms with van der Waals surface area (Å²) in [6.07, 6.45) is 6.39. The minimum atomic E-state index is -0.332. The van der Waals surface area contributed by atoms with Gasteiger partial charge in [0.25, 0.3) is 0 Å². The molecule has 1 aliphatic carbocycles. The molecule has 2 aromatic rings. The number of rotatable bonds is 7. The number of hydrogen-bond acceptors (Lipinski definition) is 5. The molecule has 4 rings (SSSR count). The van der Waals surface area contributed by atoms with Crippen LogP contribution in [0.1, 0.15) is 31.7 Å². The fourth-order valence-corrected chi connectivity index (χ4v) is 4.28. The maximum absolute atomic E-state index is 13.0. The first-order valence-corrected chi connectivity index (χ1v) is 10.9. The average Bonchev–Trinajstić information content (AvgIpc) is 3.43. The fourth-order valence-electron chi connectivity index (χ4n) is 4.28. The van der Waals surface area contributed by atoms with E-state index in [-0.39, 0.29) is 24.2 Å². The molecule has 2 amide bonds. The topological polar surface area (TPSA) is 82.5 Å². The zero-order chi connectivity index (χ0) is 21.6. The molecule has 9 heteroatoms. The van der Waals surface area contributed by atoms with Gasteiger partial charge in [-0.05, 0) is 37.1 Å². The number of benzene rings is 1. The maximum Gasteiger partial charge on any atom is 0.239 e. The van der Waals surface area contributed by atoms with E-state index in [1.807, 2.05) is 10.7 Å². The number of carbonyl (C=O) groups is 2. The summed E-state index contributed by atoms with van der Waals surface area (Å²) in [5, 5.41) is 10.2. The molecule has 0 radical (unpaired) electrons. The van der Waals surface area contributed by atoms with Crippen LogP contribution in [0.25, 0.3) is 0 Å². The maximum atomic E-state index is 13.0. The summed E-state index contributed by atoms with van der Waals surface area (Å²) in [5.74, 6) is 0.273. The van der Waals surface area contributed by atoms with E-state index >= 15 is 0 Å². The molecule has 2 N–H and O–H groups in total. The summed E-state index contributed by atoms with van der Waals surface area (Å²) in [7, 11) is 0. The van der Waals surface area contributed by atoms with Crippen molar-refractivity contribution in [3.63, 3.8) is 0 Å². The van der Waals surface area contributed by atoms with Crippen LogP contribution in [-0.4, -0.2) is 70.7 Å². The van der Waals surface area contributed by atoms with Crippen LogP contribution in [0.5, 0.6) is 0 Å². The summed E-state index contributed by atoms with van der Waals surface area (Å²) in [4.78, 5) is 28.9. The van der Waals surface area contributed by atoms with Gasteiger partial charge >= 0.3 is 0 Å². The lowest BCUT2D eigenvalue weighted by Crippen LogP contribution is -2.50. The smallest absolute Gasteiger partial charge is 0.239 e. The highest BCUT2D eigenvalue weighted by Crippen LogP contribution is 2.31. The van der Waals surface area contributed by atoms with Crippen molar-refractivity contribution in [2.75, 3.05) is 49.9 Å². The average molecular weight is 429 g/mol. The van der Waals surface area contributed by atoms with Gasteiger partial charge in [0.15, 0.2) is 0 Å². The second kappa shape index (κ2) is 10.0. The zero-order valence-electron chi connectivity index (χ0n) is 17.6. The number of nitrogens with one attached hydrogen (secondary N) is 2. The third kappa shape index (κ3) is 5.89. The third-order valence-corrected chi connectivity index (χ3v) is 5.94. The van der Waals surface area contributed by atoms with Crippen LogP contribution >= 0.6 is 0 Å². The Morgan fingerprint density at radius 2 is 1.48 bits per heavy atom. The van der Waals surface area contributed by atoms with E-state index in [4.69, 9.17) is 0 Å². The molecule has 2 aliphatic rings. The first-order chi connectivity index (χ1) is 15.1. The van der Waals surface area contributed by atoms with Gasteiger partial charge in [0, 0.05) is 37.9 Å². The number of amides is 2. The number of halogens is 1. The van der Waals surface area contributed by atoms with Gasteiger partial charge in [0.1, 0.15) is 11.6 Å². The van der Waals surface area contributed by atoms with E-state index in [9.17, 15) is 14.0 Å². The molecule has 1 aromatic carbocycles. The largest absolute Gasteiger partial charge is 0.325 e. The number of aromatic nitrogens is 2. The van der Waals surface area contributed by atoms with E-state index in [0.717, 1.165) is 31.7 Å². The Labute approximate surface area is 181 Å². The minimum Gasteiger partial charge on any atom is -0.325 e. The monoisotopic (exact) mass is 428 g/mol. The van der Waals surface area contributed by atoms with Crippen LogP contribution in [0, 0.1) is 5.82 Å². The number of anilines is 2. The summed E-state index contributed by atoms with van der Waals surface area (Å²) in [6, 6.07) is 7.97. The van der Waals surface area contributed by atoms with E-state index in [1.54, 1.807) is 18.3 Å². The Balaban J connectivity index is 1.19. The van der Waals surface area contributed by atoms with Gasteiger partial charge in [-0.15, -0.1) is 0 Å². The van der Waals surface area contributed by atoms with Gasteiger partial charge in [-0.25, -0.2) is 9.07 Å². The molecular formula is C22H29FN6O2. The fraction of sp³-hybridized carbons (Fsp3) is 0.500. The Bertz CT molecular complexity index is 886. The predicted molar refractivity (Wildman–Crippen MR) is 116 cm³/mol. The Morgan fingerprint density at radius 3 is 2.10 bits per heavy atom. The van der Waals surface area contributed by atoms with Crippen molar-refractivity contribution in [2.24, 2.45) is 0 Å². The normalized spacial score (nSPS) is 18.2. The molecule has 1 aliphatic heterocycles. The minimum absolute atomic E-state index is 0.0396. The number of nitrogens with zero attached hydrogens (tertiary/aromatic N) is 4. The molecule has 8 nitrogen and oxygen atoms in total. The van der Waals surface area contributed by atoms with Gasteiger partial charge < -0.3 is 10.6 Å². The summed E-state index contributed by atoms with van der Waals surface area (Å²) in [5.41, 5.74) is 0.582. The molecule has 166 valence electrons. The molecule has 31 heavy (non-hydrogen) atoms. The van der Waals surface area contributed by atoms with E-state index in [1.165, 1.54) is 25.0 Å². The Morgan fingerprint density at radius 1 is 0.903 bits per heavy atom. The van der Waals surface area contributed by atoms with Crippen molar-refractivity contribution >= 4 is 23.3 Å². The lowest BCUT2D eigenvalue weighted by atomic mass is 10.2. The SMILES string of the molecule is O=C(CN1CCN(CC(=O)Nc2ccnn2C2CCCC2)CC1)Nc1ccc(F)cc1. The molecule has 1 saturated carbocycles. The van der Waals surface area contributed by atoms with Crippen LogP contribution in [0.15, 0.2) is 36.5 Å². The lowest BCUT2D eigenvalue weighted by Gasteiger charge is -2.33. The second-order valence-corrected chi connectivity index (χ2v) is 8.25. The lowest BCUT2D eigenvalue weighted by molar-refractivity contribution is -0.120. The van der Waals surface area contributed by atoms with Gasteiger partial charge in [-0.3, -0.25) is 19.4 Å². The molecule has 0 bridgehead atoms. The molecular weight excluding hydrogens is 399 g/mol. The molecule has 1 saturated heterocycles. The van der Waals surface area contributed by atoms with Gasteiger partial charge in [0.2, 0.25) is 11.8 Å². The van der Waals surface area contributed by atoms with Gasteiger partial charge in [-0.2, -0.15) is 5.10 Å². The standard InChI is InChI=1S/C22H29FN6O2/c23-17-5-7-18(8-6-17)25-21(30)15-27-11-13-28(14-12-27)16-22(31)26-20-9-10-24-29(20)19-3-1-2-4-19/h5-10,19H,1-4,11-16H2,(H,25,30)(H,26,31). The summed E-state index contributed by atoms with van der Waals surface area (Å²) in [6.45, 7) is 3.47. The van der Waals surface area contributed by atoms with Crippen molar-refractivity contribution in [1.82, 2.24) is 19.6 Å². The first kappa shape index (κ1) is 21.5. The molecule has 2 heterocycles. The van der Waals surface area contributed by atoms with Crippen LogP contribution in [0.3, 0.4) is 0 Å². The van der Waals surface area contributed by atoms with Crippen LogP contribution in [-0.2, 0) is 9.59 Å². The zero-order valence-corrected chi connectivity index (χ0v) is 17.6. The van der Waals surface area contributed by atoms with Crippen molar-refractivity contribution in [2.45, 2.75) is 31.7 Å². The molecule has 2 fully saturated rings. The van der Waals surface area contributed by atoms with Gasteiger partial charge in [-0.1, -0.05) is 12.8 Å². The highest BCUT2D eigenvalue weighted by Gasteiger charge is 2.23. The van der Waals surface area contributed by atoms with E-state index in [2.05, 4.69) is 25.5 Å². The molecule has 0 spiro atoms. The molecule has 0 unspecified atom stereocenters. The highest BCUT2D eigenvalue weighted by molar-refractivity contribution is 5.92. The van der Waals surface area contributed by atoms with Crippen LogP contribution in [0.2, 0.25) is 0 Å². The third-order valence-electron chi connectivity index (χ3n) is 5.94. The van der Waals surface area contributed by atoms with Crippen molar-refractivity contribution in [1.29, 1.82) is 0 Å². The molecule has 0 atom stereocenters. The Kier molecular flexibility index (Phi) is 6.93. The van der Waals surface area contributed by atoms with Gasteiger partial charge in [0.05, 0.1) is 25.3 Å². The van der Waals surface area contributed by atoms with Crippen LogP contribution in [0.4, 0.5) is 15.9 Å². The second-order valence-electron chi connectivity index (χ2n) is 8.25. The highest BCUT2D eigenvalue weighted by atomic mass is 19.1. The van der Waals surface area contributed by atoms with Crippen molar-refractivity contribution in [3.8, 4) is 0 Å². The number of hydrogen-bond donors (Lipinski definition) is 2. The van der Waals surface area contributed by atoms with E-state index < -0.39 is 0 Å².